The lowest BCUT2D eigenvalue weighted by atomic mass is 10.0. The first kappa shape index (κ1) is 20.9. The summed E-state index contributed by atoms with van der Waals surface area (Å²) in [5.41, 5.74) is 7.24. The molecule has 1 aromatic rings. The monoisotopic (exact) mass is 381 g/mol. The van der Waals surface area contributed by atoms with E-state index in [0.717, 1.165) is 25.9 Å². The van der Waals surface area contributed by atoms with Crippen molar-refractivity contribution in [1.82, 2.24) is 9.80 Å². The molecule has 0 radical (unpaired) electrons. The smallest absolute Gasteiger partial charge is 0.239 e. The highest BCUT2D eigenvalue weighted by Gasteiger charge is 2.31. The molecule has 0 saturated carbocycles. The number of carbonyl (C=O) groups is 1. The van der Waals surface area contributed by atoms with Crippen molar-refractivity contribution in [2.45, 2.75) is 44.8 Å². The third kappa shape index (κ3) is 6.37. The van der Waals surface area contributed by atoms with Gasteiger partial charge in [-0.1, -0.05) is 43.7 Å². The third-order valence-electron chi connectivity index (χ3n) is 4.88. The minimum Gasteiger partial charge on any atom is -0.338 e. The summed E-state index contributed by atoms with van der Waals surface area (Å²) in [6, 6.07) is 9.92. The summed E-state index contributed by atoms with van der Waals surface area (Å²) in [5, 5.41) is 0. The van der Waals surface area contributed by atoms with Crippen LogP contribution in [0.25, 0.3) is 0 Å². The number of rotatable bonds is 8. The number of piperazine rings is 1. The highest BCUT2D eigenvalue weighted by Crippen LogP contribution is 2.18. The summed E-state index contributed by atoms with van der Waals surface area (Å²) >= 11 is 0. The van der Waals surface area contributed by atoms with Crippen LogP contribution in [0, 0.1) is 0 Å². The van der Waals surface area contributed by atoms with Crippen LogP contribution in [0.4, 0.5) is 0 Å². The van der Waals surface area contributed by atoms with Crippen LogP contribution in [-0.4, -0.2) is 67.9 Å². The molecular formula is C19H31N3O3S. The van der Waals surface area contributed by atoms with Crippen molar-refractivity contribution in [3.05, 3.63) is 35.9 Å². The van der Waals surface area contributed by atoms with Gasteiger partial charge in [0.1, 0.15) is 9.84 Å². The SMILES string of the molecule is CCCC1CN(C(=O)C(N)CCS(C)(=O)=O)CCN1Cc1ccccc1. The number of hydrogen-bond acceptors (Lipinski definition) is 5. The van der Waals surface area contributed by atoms with Gasteiger partial charge in [0.15, 0.2) is 0 Å². The molecule has 1 fully saturated rings. The molecule has 2 N–H and O–H groups in total. The normalized spacial score (nSPS) is 20.1. The fraction of sp³-hybridized carbons (Fsp3) is 0.632. The summed E-state index contributed by atoms with van der Waals surface area (Å²) in [6.45, 7) is 5.14. The highest BCUT2D eigenvalue weighted by molar-refractivity contribution is 7.90. The van der Waals surface area contributed by atoms with E-state index in [2.05, 4.69) is 24.0 Å². The van der Waals surface area contributed by atoms with Crippen molar-refractivity contribution < 1.29 is 13.2 Å². The minimum atomic E-state index is -3.11. The first-order chi connectivity index (χ1) is 12.3. The summed E-state index contributed by atoms with van der Waals surface area (Å²) in [7, 11) is -3.11. The van der Waals surface area contributed by atoms with Gasteiger partial charge in [0, 0.05) is 38.5 Å². The standard InChI is InChI=1S/C19H31N3O3S/c1-3-7-17-15-22(19(23)18(20)10-13-26(2,24)25)12-11-21(17)14-16-8-5-4-6-9-16/h4-6,8-9,17-18H,3,7,10-15,20H2,1-2H3. The van der Waals surface area contributed by atoms with Gasteiger partial charge in [0.05, 0.1) is 11.8 Å². The first-order valence-electron chi connectivity index (χ1n) is 9.30. The largest absolute Gasteiger partial charge is 0.338 e. The predicted molar refractivity (Wildman–Crippen MR) is 104 cm³/mol. The van der Waals surface area contributed by atoms with Gasteiger partial charge in [-0.25, -0.2) is 8.42 Å². The number of carbonyl (C=O) groups excluding carboxylic acids is 1. The Kier molecular flexibility index (Phi) is 7.61. The van der Waals surface area contributed by atoms with E-state index in [1.54, 1.807) is 0 Å². The Morgan fingerprint density at radius 2 is 1.96 bits per heavy atom. The van der Waals surface area contributed by atoms with Gasteiger partial charge in [-0.3, -0.25) is 9.69 Å². The van der Waals surface area contributed by atoms with Crippen molar-refractivity contribution in [2.24, 2.45) is 5.73 Å². The summed E-state index contributed by atoms with van der Waals surface area (Å²) < 4.78 is 22.6. The van der Waals surface area contributed by atoms with Crippen molar-refractivity contribution in [3.63, 3.8) is 0 Å². The van der Waals surface area contributed by atoms with Crippen molar-refractivity contribution in [2.75, 3.05) is 31.6 Å². The number of nitrogens with two attached hydrogens (primary N) is 1. The maximum atomic E-state index is 12.6. The molecule has 2 rings (SSSR count). The Morgan fingerprint density at radius 3 is 2.58 bits per heavy atom. The van der Waals surface area contributed by atoms with Crippen molar-refractivity contribution in [3.8, 4) is 0 Å². The number of nitrogens with zero attached hydrogens (tertiary/aromatic N) is 2. The Labute approximate surface area is 157 Å². The lowest BCUT2D eigenvalue weighted by molar-refractivity contribution is -0.135. The quantitative estimate of drug-likeness (QED) is 0.733. The number of sulfone groups is 1. The zero-order valence-electron chi connectivity index (χ0n) is 15.8. The van der Waals surface area contributed by atoms with Crippen LogP contribution in [0.15, 0.2) is 30.3 Å². The van der Waals surface area contributed by atoms with Crippen molar-refractivity contribution >= 4 is 15.7 Å². The second-order valence-corrected chi connectivity index (χ2v) is 9.47. The van der Waals surface area contributed by atoms with Gasteiger partial charge in [0.25, 0.3) is 0 Å². The van der Waals surface area contributed by atoms with Crippen LogP contribution in [-0.2, 0) is 21.2 Å². The minimum absolute atomic E-state index is 0.0493. The Bertz CT molecular complexity index is 679. The zero-order chi connectivity index (χ0) is 19.2. The van der Waals surface area contributed by atoms with Crippen LogP contribution in [0.2, 0.25) is 0 Å². The second kappa shape index (κ2) is 9.48. The van der Waals surface area contributed by atoms with E-state index in [-0.39, 0.29) is 18.1 Å². The van der Waals surface area contributed by atoms with Crippen LogP contribution in [0.3, 0.4) is 0 Å². The number of amides is 1. The molecule has 0 bridgehead atoms. The van der Waals surface area contributed by atoms with E-state index < -0.39 is 15.9 Å². The molecule has 0 aliphatic carbocycles. The highest BCUT2D eigenvalue weighted by atomic mass is 32.2. The fourth-order valence-electron chi connectivity index (χ4n) is 3.43. The third-order valence-corrected chi connectivity index (χ3v) is 5.86. The average molecular weight is 382 g/mol. The zero-order valence-corrected chi connectivity index (χ0v) is 16.6. The first-order valence-corrected chi connectivity index (χ1v) is 11.4. The molecule has 1 amide bonds. The topological polar surface area (TPSA) is 83.7 Å². The van der Waals surface area contributed by atoms with E-state index >= 15 is 0 Å². The molecule has 0 aromatic heterocycles. The second-order valence-electron chi connectivity index (χ2n) is 7.21. The van der Waals surface area contributed by atoms with Crippen molar-refractivity contribution in [1.29, 1.82) is 0 Å². The molecule has 0 spiro atoms. The lowest BCUT2D eigenvalue weighted by Crippen LogP contribution is -2.57. The lowest BCUT2D eigenvalue weighted by Gasteiger charge is -2.42. The van der Waals surface area contributed by atoms with E-state index in [1.807, 2.05) is 23.1 Å². The van der Waals surface area contributed by atoms with Crippen LogP contribution >= 0.6 is 0 Å². The summed E-state index contributed by atoms with van der Waals surface area (Å²) in [4.78, 5) is 16.9. The Hall–Kier alpha value is -1.44. The maximum absolute atomic E-state index is 12.6. The Balaban J connectivity index is 1.96. The molecule has 7 heteroatoms. The molecule has 26 heavy (non-hydrogen) atoms. The number of hydrogen-bond donors (Lipinski definition) is 1. The fourth-order valence-corrected chi connectivity index (χ4v) is 4.11. The molecule has 2 unspecified atom stereocenters. The maximum Gasteiger partial charge on any atom is 0.239 e. The number of benzene rings is 1. The predicted octanol–water partition coefficient (Wildman–Crippen LogP) is 1.26. The van der Waals surface area contributed by atoms with E-state index in [4.69, 9.17) is 5.73 Å². The molecule has 6 nitrogen and oxygen atoms in total. The van der Waals surface area contributed by atoms with Gasteiger partial charge in [-0.2, -0.15) is 0 Å². The van der Waals surface area contributed by atoms with Crippen LogP contribution < -0.4 is 5.73 Å². The molecule has 2 atom stereocenters. The summed E-state index contributed by atoms with van der Waals surface area (Å²) in [6.07, 6.45) is 3.43. The van der Waals surface area contributed by atoms with E-state index in [9.17, 15) is 13.2 Å². The van der Waals surface area contributed by atoms with Gasteiger partial charge < -0.3 is 10.6 Å². The van der Waals surface area contributed by atoms with E-state index in [0.29, 0.717) is 19.1 Å². The molecule has 1 aliphatic rings. The van der Waals surface area contributed by atoms with Gasteiger partial charge in [-0.15, -0.1) is 0 Å². The molecular weight excluding hydrogens is 350 g/mol. The van der Waals surface area contributed by atoms with Crippen LogP contribution in [0.5, 0.6) is 0 Å². The van der Waals surface area contributed by atoms with Gasteiger partial charge >= 0.3 is 0 Å². The van der Waals surface area contributed by atoms with Gasteiger partial charge in [-0.05, 0) is 18.4 Å². The molecule has 146 valence electrons. The molecule has 1 saturated heterocycles. The van der Waals surface area contributed by atoms with Gasteiger partial charge in [0.2, 0.25) is 5.91 Å². The average Bonchev–Trinajstić information content (AvgIpc) is 2.61. The summed E-state index contributed by atoms with van der Waals surface area (Å²) in [5.74, 6) is -0.180. The van der Waals surface area contributed by atoms with Crippen LogP contribution in [0.1, 0.15) is 31.7 Å². The van der Waals surface area contributed by atoms with E-state index in [1.165, 1.54) is 11.8 Å². The molecule has 1 aromatic carbocycles. The molecule has 1 aliphatic heterocycles. The Morgan fingerprint density at radius 1 is 1.27 bits per heavy atom. The molecule has 1 heterocycles.